The van der Waals surface area contributed by atoms with E-state index in [0.29, 0.717) is 11.1 Å². The number of nitriles is 2. The lowest BCUT2D eigenvalue weighted by molar-refractivity contribution is -0.133. The van der Waals surface area contributed by atoms with E-state index in [0.717, 1.165) is 41.2 Å². The topological polar surface area (TPSA) is 127 Å². The van der Waals surface area contributed by atoms with Crippen LogP contribution in [0.25, 0.3) is 34.0 Å². The van der Waals surface area contributed by atoms with Crippen LogP contribution in [-0.4, -0.2) is 26.7 Å². The first-order valence-electron chi connectivity index (χ1n) is 18.7. The van der Waals surface area contributed by atoms with Crippen LogP contribution in [0.5, 0.6) is 0 Å². The number of carboxylic acid groups (broad SMARTS) is 2. The van der Waals surface area contributed by atoms with Crippen LogP contribution in [-0.2, 0) is 16.1 Å². The molecular formula is C42H55N3O4. The highest BCUT2D eigenvalue weighted by atomic mass is 16.4. The Morgan fingerprint density at radius 2 is 0.898 bits per heavy atom. The van der Waals surface area contributed by atoms with Gasteiger partial charge in [0.05, 0.1) is 0 Å². The second kappa shape index (κ2) is 22.3. The van der Waals surface area contributed by atoms with Crippen molar-refractivity contribution in [3.8, 4) is 12.1 Å². The van der Waals surface area contributed by atoms with Crippen molar-refractivity contribution in [2.24, 2.45) is 0 Å². The molecule has 262 valence electrons. The molecule has 0 saturated carbocycles. The van der Waals surface area contributed by atoms with Gasteiger partial charge in [0, 0.05) is 28.4 Å². The molecule has 0 fully saturated rings. The molecule has 0 unspecified atom stereocenters. The van der Waals surface area contributed by atoms with E-state index < -0.39 is 11.9 Å². The predicted molar refractivity (Wildman–Crippen MR) is 200 cm³/mol. The summed E-state index contributed by atoms with van der Waals surface area (Å²) in [6.07, 6.45) is 29.5. The molecule has 7 nitrogen and oxygen atoms in total. The van der Waals surface area contributed by atoms with E-state index in [-0.39, 0.29) is 11.1 Å². The normalized spacial score (nSPS) is 12.0. The van der Waals surface area contributed by atoms with Crippen molar-refractivity contribution < 1.29 is 19.8 Å². The molecule has 1 heterocycles. The van der Waals surface area contributed by atoms with Crippen LogP contribution in [0, 0.1) is 22.7 Å². The van der Waals surface area contributed by atoms with Gasteiger partial charge in [0.1, 0.15) is 23.3 Å². The molecule has 1 aromatic heterocycles. The quantitative estimate of drug-likeness (QED) is 0.0526. The summed E-state index contributed by atoms with van der Waals surface area (Å²) in [5.74, 6) is -2.57. The molecule has 0 spiro atoms. The highest BCUT2D eigenvalue weighted by Gasteiger charge is 2.14. The van der Waals surface area contributed by atoms with E-state index in [9.17, 15) is 30.3 Å². The van der Waals surface area contributed by atoms with E-state index >= 15 is 0 Å². The zero-order chi connectivity index (χ0) is 35.3. The number of aryl methyl sites for hydroxylation is 1. The Kier molecular flexibility index (Phi) is 17.8. The molecule has 2 aromatic carbocycles. The number of carbonyl (C=O) groups is 2. The van der Waals surface area contributed by atoms with Gasteiger partial charge in [0.15, 0.2) is 0 Å². The van der Waals surface area contributed by atoms with Gasteiger partial charge in [-0.3, -0.25) is 0 Å². The number of benzene rings is 2. The number of aliphatic carboxylic acids is 2. The number of aromatic nitrogens is 1. The van der Waals surface area contributed by atoms with E-state index in [1.54, 1.807) is 12.1 Å². The lowest BCUT2D eigenvalue weighted by atomic mass is 10.0. The van der Waals surface area contributed by atoms with E-state index in [1.165, 1.54) is 128 Å². The fourth-order valence-corrected chi connectivity index (χ4v) is 6.70. The summed E-state index contributed by atoms with van der Waals surface area (Å²) in [6.45, 7) is 3.10. The Morgan fingerprint density at radius 1 is 0.571 bits per heavy atom. The number of nitrogens with zero attached hydrogens (tertiary/aromatic N) is 3. The first-order valence-corrected chi connectivity index (χ1v) is 18.7. The molecule has 0 radical (unpaired) electrons. The summed E-state index contributed by atoms with van der Waals surface area (Å²) in [4.78, 5) is 22.8. The minimum Gasteiger partial charge on any atom is -0.477 e. The third-order valence-corrected chi connectivity index (χ3v) is 9.47. The maximum absolute atomic E-state index is 11.4. The summed E-state index contributed by atoms with van der Waals surface area (Å²) in [5.41, 5.74) is 2.45. The predicted octanol–water partition coefficient (Wildman–Crippen LogP) is 11.6. The molecule has 0 amide bonds. The second-order valence-corrected chi connectivity index (χ2v) is 13.4. The van der Waals surface area contributed by atoms with Gasteiger partial charge in [0.2, 0.25) is 0 Å². The zero-order valence-corrected chi connectivity index (χ0v) is 29.5. The molecule has 0 atom stereocenters. The minimum atomic E-state index is -1.28. The van der Waals surface area contributed by atoms with Gasteiger partial charge >= 0.3 is 11.9 Å². The van der Waals surface area contributed by atoms with Gasteiger partial charge in [-0.1, -0.05) is 141 Å². The average molecular weight is 666 g/mol. The molecular weight excluding hydrogens is 610 g/mol. The van der Waals surface area contributed by atoms with Crippen LogP contribution in [0.3, 0.4) is 0 Å². The van der Waals surface area contributed by atoms with Crippen molar-refractivity contribution in [1.29, 1.82) is 10.5 Å². The zero-order valence-electron chi connectivity index (χ0n) is 29.5. The largest absolute Gasteiger partial charge is 0.477 e. The SMILES string of the molecule is CCCCCCCCCCCCCCCCCCCCCCn1c2ccc(/C=C(/C#N)C(=O)O)cc2c2cc(/C=C(/C#N)C(=O)O)ccc21. The number of hydrogen-bond donors (Lipinski definition) is 2. The van der Waals surface area contributed by atoms with Gasteiger partial charge in [0.25, 0.3) is 0 Å². The summed E-state index contributed by atoms with van der Waals surface area (Å²) in [5, 5.41) is 38.9. The average Bonchev–Trinajstić information content (AvgIpc) is 3.40. The van der Waals surface area contributed by atoms with Gasteiger partial charge in [-0.15, -0.1) is 0 Å². The highest BCUT2D eigenvalue weighted by molar-refractivity contribution is 6.10. The fraction of sp³-hybridized carbons (Fsp3) is 0.524. The molecule has 7 heteroatoms. The lowest BCUT2D eigenvalue weighted by Crippen LogP contribution is -1.99. The Labute approximate surface area is 292 Å². The molecule has 0 aliphatic rings. The van der Waals surface area contributed by atoms with Crippen LogP contribution in [0.1, 0.15) is 146 Å². The number of carboxylic acids is 2. The number of unbranched alkanes of at least 4 members (excludes halogenated alkanes) is 19. The van der Waals surface area contributed by atoms with Crippen molar-refractivity contribution >= 4 is 45.9 Å². The molecule has 0 aliphatic heterocycles. The van der Waals surface area contributed by atoms with Gasteiger partial charge < -0.3 is 14.8 Å². The molecule has 0 aliphatic carbocycles. The van der Waals surface area contributed by atoms with Crippen molar-refractivity contribution in [2.75, 3.05) is 0 Å². The Bertz CT molecular complexity index is 1550. The molecule has 2 N–H and O–H groups in total. The molecule has 3 aromatic rings. The maximum Gasteiger partial charge on any atom is 0.346 e. The Morgan fingerprint density at radius 3 is 1.20 bits per heavy atom. The first kappa shape index (κ1) is 39.1. The fourth-order valence-electron chi connectivity index (χ4n) is 6.70. The summed E-state index contributed by atoms with van der Waals surface area (Å²) in [6, 6.07) is 14.7. The number of rotatable bonds is 25. The molecule has 49 heavy (non-hydrogen) atoms. The summed E-state index contributed by atoms with van der Waals surface area (Å²) < 4.78 is 2.26. The van der Waals surface area contributed by atoms with Crippen LogP contribution in [0.2, 0.25) is 0 Å². The minimum absolute atomic E-state index is 0.351. The van der Waals surface area contributed by atoms with Crippen LogP contribution >= 0.6 is 0 Å². The lowest BCUT2D eigenvalue weighted by Gasteiger charge is -2.08. The summed E-state index contributed by atoms with van der Waals surface area (Å²) in [7, 11) is 0. The Hall–Kier alpha value is -4.36. The van der Waals surface area contributed by atoms with Gasteiger partial charge in [-0.2, -0.15) is 10.5 Å². The van der Waals surface area contributed by atoms with Crippen LogP contribution < -0.4 is 0 Å². The highest BCUT2D eigenvalue weighted by Crippen LogP contribution is 2.32. The molecule has 3 rings (SSSR count). The third-order valence-electron chi connectivity index (χ3n) is 9.47. The smallest absolute Gasteiger partial charge is 0.346 e. The molecule has 0 bridgehead atoms. The second-order valence-electron chi connectivity index (χ2n) is 13.4. The summed E-state index contributed by atoms with van der Waals surface area (Å²) >= 11 is 0. The first-order chi connectivity index (χ1) is 23.9. The number of fused-ring (bicyclic) bond motifs is 3. The third kappa shape index (κ3) is 13.2. The number of hydrogen-bond acceptors (Lipinski definition) is 4. The van der Waals surface area contributed by atoms with Crippen molar-refractivity contribution in [1.82, 2.24) is 4.57 Å². The molecule has 0 saturated heterocycles. The Balaban J connectivity index is 1.46. The van der Waals surface area contributed by atoms with Crippen molar-refractivity contribution in [2.45, 2.75) is 142 Å². The van der Waals surface area contributed by atoms with Crippen LogP contribution in [0.15, 0.2) is 47.5 Å². The monoisotopic (exact) mass is 665 g/mol. The van der Waals surface area contributed by atoms with E-state index in [1.807, 2.05) is 36.4 Å². The standard InChI is InChI=1S/C42H55N3O4/c1-2-3-4-5-6-7-8-9-10-11-12-13-14-15-16-17-18-19-20-21-26-45-39-24-22-33(27-35(31-43)41(46)47)29-37(39)38-30-34(23-25-40(38)45)28-36(32-44)42(48)49/h22-25,27-30H,2-21,26H2,1H3,(H,46,47)(H,48,49)/b35-27-,36-28-. The van der Waals surface area contributed by atoms with Crippen molar-refractivity contribution in [3.05, 3.63) is 58.7 Å². The van der Waals surface area contributed by atoms with Crippen molar-refractivity contribution in [3.63, 3.8) is 0 Å². The van der Waals surface area contributed by atoms with Gasteiger partial charge in [-0.25, -0.2) is 9.59 Å². The van der Waals surface area contributed by atoms with E-state index in [4.69, 9.17) is 0 Å². The van der Waals surface area contributed by atoms with E-state index in [2.05, 4.69) is 11.5 Å². The van der Waals surface area contributed by atoms with Crippen LogP contribution in [0.4, 0.5) is 0 Å². The van der Waals surface area contributed by atoms with Gasteiger partial charge in [-0.05, 0) is 54.0 Å². The maximum atomic E-state index is 11.4.